The highest BCUT2D eigenvalue weighted by atomic mass is 32.1. The van der Waals surface area contributed by atoms with E-state index >= 15 is 0 Å². The van der Waals surface area contributed by atoms with Crippen LogP contribution in [-0.4, -0.2) is 44.8 Å². The summed E-state index contributed by atoms with van der Waals surface area (Å²) in [5.74, 6) is 0.701. The number of hydrogen-bond acceptors (Lipinski definition) is 4. The molecule has 0 radical (unpaired) electrons. The third-order valence-electron chi connectivity index (χ3n) is 3.08. The monoisotopic (exact) mass is 284 g/mol. The smallest absolute Gasteiger partial charge is 0.0589 e. The third kappa shape index (κ3) is 7.06. The average Bonchev–Trinajstić information content (AvgIpc) is 2.88. The first kappa shape index (κ1) is 16.6. The first-order valence-corrected chi connectivity index (χ1v) is 7.99. The summed E-state index contributed by atoms with van der Waals surface area (Å²) in [7, 11) is 1.77. The summed E-state index contributed by atoms with van der Waals surface area (Å²) in [5.41, 5.74) is 0. The molecule has 0 aromatic carbocycles. The molecule has 110 valence electrons. The minimum atomic E-state index is 0.448. The molecule has 1 unspecified atom stereocenters. The van der Waals surface area contributed by atoms with Gasteiger partial charge in [-0.25, -0.2) is 0 Å². The highest BCUT2D eigenvalue weighted by Crippen LogP contribution is 2.17. The second-order valence-electron chi connectivity index (χ2n) is 5.38. The zero-order valence-electron chi connectivity index (χ0n) is 12.7. The first-order valence-electron chi connectivity index (χ1n) is 7.11. The van der Waals surface area contributed by atoms with E-state index < -0.39 is 0 Å². The van der Waals surface area contributed by atoms with Crippen LogP contribution >= 0.6 is 11.3 Å². The first-order chi connectivity index (χ1) is 9.13. The van der Waals surface area contributed by atoms with Crippen molar-refractivity contribution in [2.45, 2.75) is 26.8 Å². The van der Waals surface area contributed by atoms with Gasteiger partial charge < -0.3 is 10.1 Å². The maximum absolute atomic E-state index is 5.18. The van der Waals surface area contributed by atoms with Crippen molar-refractivity contribution in [2.75, 3.05) is 39.9 Å². The largest absolute Gasteiger partial charge is 0.383 e. The van der Waals surface area contributed by atoms with Crippen LogP contribution in [0.4, 0.5) is 0 Å². The van der Waals surface area contributed by atoms with Crippen LogP contribution in [-0.2, 0) is 4.74 Å². The van der Waals surface area contributed by atoms with Crippen molar-refractivity contribution >= 4 is 11.3 Å². The Morgan fingerprint density at radius 2 is 2.11 bits per heavy atom. The van der Waals surface area contributed by atoms with Gasteiger partial charge >= 0.3 is 0 Å². The minimum absolute atomic E-state index is 0.448. The van der Waals surface area contributed by atoms with Crippen LogP contribution in [0, 0.1) is 5.92 Å². The number of methoxy groups -OCH3 is 1. The van der Waals surface area contributed by atoms with E-state index in [4.69, 9.17) is 4.74 Å². The molecule has 0 amide bonds. The van der Waals surface area contributed by atoms with Gasteiger partial charge in [-0.1, -0.05) is 19.9 Å². The molecule has 4 heteroatoms. The van der Waals surface area contributed by atoms with Gasteiger partial charge in [0.25, 0.3) is 0 Å². The number of nitrogens with one attached hydrogen (secondary N) is 1. The highest BCUT2D eigenvalue weighted by Gasteiger charge is 2.09. The summed E-state index contributed by atoms with van der Waals surface area (Å²) < 4.78 is 5.18. The lowest BCUT2D eigenvalue weighted by Gasteiger charge is -2.24. The summed E-state index contributed by atoms with van der Waals surface area (Å²) in [5, 5.41) is 5.73. The molecular formula is C15H28N2OS. The average molecular weight is 284 g/mol. The van der Waals surface area contributed by atoms with Crippen molar-refractivity contribution in [3.8, 4) is 0 Å². The van der Waals surface area contributed by atoms with Gasteiger partial charge in [-0.3, -0.25) is 4.90 Å². The van der Waals surface area contributed by atoms with Gasteiger partial charge in [0, 0.05) is 44.2 Å². The van der Waals surface area contributed by atoms with Gasteiger partial charge in [0.15, 0.2) is 0 Å². The lowest BCUT2D eigenvalue weighted by atomic mass is 10.2. The van der Waals surface area contributed by atoms with Crippen molar-refractivity contribution < 1.29 is 4.74 Å². The fraction of sp³-hybridized carbons (Fsp3) is 0.733. The number of thiophene rings is 1. The van der Waals surface area contributed by atoms with Crippen molar-refractivity contribution in [3.05, 3.63) is 22.4 Å². The Balaban J connectivity index is 2.26. The van der Waals surface area contributed by atoms with Gasteiger partial charge in [0.2, 0.25) is 0 Å². The molecule has 3 nitrogen and oxygen atoms in total. The van der Waals surface area contributed by atoms with Crippen molar-refractivity contribution in [1.82, 2.24) is 10.2 Å². The quantitative estimate of drug-likeness (QED) is 0.715. The molecule has 0 aliphatic carbocycles. The lowest BCUT2D eigenvalue weighted by molar-refractivity contribution is 0.140. The summed E-state index contributed by atoms with van der Waals surface area (Å²) in [4.78, 5) is 3.88. The van der Waals surface area contributed by atoms with Gasteiger partial charge in [-0.15, -0.1) is 11.3 Å². The Labute approximate surface area is 122 Å². The zero-order valence-corrected chi connectivity index (χ0v) is 13.5. The van der Waals surface area contributed by atoms with Crippen molar-refractivity contribution in [3.63, 3.8) is 0 Å². The van der Waals surface area contributed by atoms with Gasteiger partial charge in [-0.2, -0.15) is 0 Å². The number of ether oxygens (including phenoxy) is 1. The molecule has 1 N–H and O–H groups in total. The van der Waals surface area contributed by atoms with Crippen LogP contribution in [0.5, 0.6) is 0 Å². The standard InChI is InChI=1S/C15H28N2OS/c1-13(2)12-17(9-10-18-4)8-7-16-14(3)15-6-5-11-19-15/h5-6,11,13-14,16H,7-10,12H2,1-4H3. The molecule has 1 atom stereocenters. The van der Waals surface area contributed by atoms with Crippen molar-refractivity contribution in [1.29, 1.82) is 0 Å². The SMILES string of the molecule is COCCN(CCNC(C)c1cccs1)CC(C)C. The predicted molar refractivity (Wildman–Crippen MR) is 83.9 cm³/mol. The zero-order chi connectivity index (χ0) is 14.1. The normalized spacial score (nSPS) is 13.4. The Morgan fingerprint density at radius 3 is 2.68 bits per heavy atom. The topological polar surface area (TPSA) is 24.5 Å². The van der Waals surface area contributed by atoms with E-state index in [9.17, 15) is 0 Å². The van der Waals surface area contributed by atoms with E-state index in [1.165, 1.54) is 4.88 Å². The summed E-state index contributed by atoms with van der Waals surface area (Å²) in [6, 6.07) is 4.75. The molecule has 1 aromatic rings. The van der Waals surface area contributed by atoms with Gasteiger partial charge in [0.1, 0.15) is 0 Å². The number of rotatable bonds is 10. The van der Waals surface area contributed by atoms with Crippen LogP contribution in [0.25, 0.3) is 0 Å². The Hall–Kier alpha value is -0.420. The van der Waals surface area contributed by atoms with E-state index in [0.29, 0.717) is 12.0 Å². The molecule has 0 spiro atoms. The number of nitrogens with zero attached hydrogens (tertiary/aromatic N) is 1. The molecule has 0 aliphatic heterocycles. The van der Waals surface area contributed by atoms with E-state index in [1.807, 2.05) is 11.3 Å². The fourth-order valence-electron chi connectivity index (χ4n) is 2.11. The van der Waals surface area contributed by atoms with E-state index in [1.54, 1.807) is 7.11 Å². The Bertz CT molecular complexity index is 314. The van der Waals surface area contributed by atoms with Crippen molar-refractivity contribution in [2.24, 2.45) is 5.92 Å². The Morgan fingerprint density at radius 1 is 1.32 bits per heavy atom. The van der Waals surface area contributed by atoms with Gasteiger partial charge in [-0.05, 0) is 24.3 Å². The van der Waals surface area contributed by atoms with Crippen LogP contribution in [0.3, 0.4) is 0 Å². The van der Waals surface area contributed by atoms with Crippen LogP contribution in [0.2, 0.25) is 0 Å². The van der Waals surface area contributed by atoms with Crippen LogP contribution in [0.1, 0.15) is 31.7 Å². The molecule has 1 rings (SSSR count). The third-order valence-corrected chi connectivity index (χ3v) is 4.14. The molecule has 0 fully saturated rings. The molecule has 0 saturated carbocycles. The predicted octanol–water partition coefficient (Wildman–Crippen LogP) is 3.00. The summed E-state index contributed by atoms with van der Waals surface area (Å²) in [6.07, 6.45) is 0. The minimum Gasteiger partial charge on any atom is -0.383 e. The maximum Gasteiger partial charge on any atom is 0.0589 e. The summed E-state index contributed by atoms with van der Waals surface area (Å²) in [6.45, 7) is 11.8. The van der Waals surface area contributed by atoms with E-state index in [-0.39, 0.29) is 0 Å². The van der Waals surface area contributed by atoms with E-state index in [0.717, 1.165) is 32.8 Å². The Kier molecular flexibility index (Phi) is 8.30. The molecule has 1 heterocycles. The number of hydrogen-bond donors (Lipinski definition) is 1. The molecule has 19 heavy (non-hydrogen) atoms. The maximum atomic E-state index is 5.18. The van der Waals surface area contributed by atoms with Gasteiger partial charge in [0.05, 0.1) is 6.61 Å². The lowest BCUT2D eigenvalue weighted by Crippen LogP contribution is -2.37. The van der Waals surface area contributed by atoms with Crippen LogP contribution in [0.15, 0.2) is 17.5 Å². The molecule has 0 saturated heterocycles. The summed E-state index contributed by atoms with van der Waals surface area (Å²) >= 11 is 1.82. The fourth-order valence-corrected chi connectivity index (χ4v) is 2.87. The molecule has 0 bridgehead atoms. The molecule has 1 aromatic heterocycles. The highest BCUT2D eigenvalue weighted by molar-refractivity contribution is 7.10. The second-order valence-corrected chi connectivity index (χ2v) is 6.36. The molecule has 0 aliphatic rings. The van der Waals surface area contributed by atoms with E-state index in [2.05, 4.69) is 48.5 Å². The van der Waals surface area contributed by atoms with Crippen LogP contribution < -0.4 is 5.32 Å². The molecular weight excluding hydrogens is 256 g/mol. The second kappa shape index (κ2) is 9.48.